The van der Waals surface area contributed by atoms with Crippen LogP contribution in [0, 0.1) is 0 Å². The van der Waals surface area contributed by atoms with Crippen LogP contribution in [-0.2, 0) is 11.3 Å². The average Bonchev–Trinajstić information content (AvgIpc) is 2.71. The minimum absolute atomic E-state index is 0.0919. The SMILES string of the molecule is COc1ccc2cc(CN(C)C(=O)CNC(=O)c3ccccc3Cl)ccc2c1. The molecule has 1 N–H and O–H groups in total. The number of hydrogen-bond acceptors (Lipinski definition) is 3. The number of nitrogens with zero attached hydrogens (tertiary/aromatic N) is 1. The second-order valence-corrected chi connectivity index (χ2v) is 6.87. The van der Waals surface area contributed by atoms with E-state index in [9.17, 15) is 9.59 Å². The molecule has 6 heteroatoms. The molecule has 0 saturated heterocycles. The van der Waals surface area contributed by atoms with Crippen molar-refractivity contribution in [3.63, 3.8) is 0 Å². The average molecular weight is 397 g/mol. The van der Waals surface area contributed by atoms with Crippen LogP contribution in [0.25, 0.3) is 10.8 Å². The Balaban J connectivity index is 1.60. The van der Waals surface area contributed by atoms with Crippen LogP contribution in [0.5, 0.6) is 5.75 Å². The lowest BCUT2D eigenvalue weighted by Crippen LogP contribution is -2.37. The summed E-state index contributed by atoms with van der Waals surface area (Å²) in [5, 5.41) is 5.12. The van der Waals surface area contributed by atoms with Crippen LogP contribution in [0.4, 0.5) is 0 Å². The second-order valence-electron chi connectivity index (χ2n) is 6.46. The van der Waals surface area contributed by atoms with E-state index < -0.39 is 0 Å². The van der Waals surface area contributed by atoms with E-state index in [1.54, 1.807) is 43.3 Å². The zero-order valence-electron chi connectivity index (χ0n) is 15.7. The van der Waals surface area contributed by atoms with E-state index in [-0.39, 0.29) is 18.4 Å². The number of ether oxygens (including phenoxy) is 1. The summed E-state index contributed by atoms with van der Waals surface area (Å²) >= 11 is 6.01. The van der Waals surface area contributed by atoms with Crippen LogP contribution in [0.3, 0.4) is 0 Å². The third-order valence-corrected chi connectivity index (χ3v) is 4.81. The number of fused-ring (bicyclic) bond motifs is 1. The van der Waals surface area contributed by atoms with Gasteiger partial charge in [0.15, 0.2) is 0 Å². The number of carbonyl (C=O) groups excluding carboxylic acids is 2. The van der Waals surface area contributed by atoms with Crippen molar-refractivity contribution in [3.8, 4) is 5.75 Å². The standard InChI is InChI=1S/C22H21ClN2O3/c1-25(21(26)13-24-22(27)19-5-3-4-6-20(19)23)14-15-7-8-17-12-18(28-2)10-9-16(17)11-15/h3-12H,13-14H2,1-2H3,(H,24,27). The molecule has 0 fully saturated rings. The number of benzene rings is 3. The Morgan fingerprint density at radius 1 is 1.04 bits per heavy atom. The summed E-state index contributed by atoms with van der Waals surface area (Å²) in [4.78, 5) is 26.1. The summed E-state index contributed by atoms with van der Waals surface area (Å²) in [6.07, 6.45) is 0. The second kappa shape index (κ2) is 8.76. The maximum absolute atomic E-state index is 12.4. The van der Waals surface area contributed by atoms with Gasteiger partial charge in [0.1, 0.15) is 5.75 Å². The fourth-order valence-corrected chi connectivity index (χ4v) is 3.11. The van der Waals surface area contributed by atoms with Crippen LogP contribution in [0.2, 0.25) is 5.02 Å². The van der Waals surface area contributed by atoms with E-state index in [0.717, 1.165) is 22.1 Å². The highest BCUT2D eigenvalue weighted by Crippen LogP contribution is 2.22. The number of halogens is 1. The number of rotatable bonds is 6. The molecule has 0 aliphatic carbocycles. The monoisotopic (exact) mass is 396 g/mol. The van der Waals surface area contributed by atoms with Gasteiger partial charge >= 0.3 is 0 Å². The molecule has 0 atom stereocenters. The zero-order valence-corrected chi connectivity index (χ0v) is 16.5. The summed E-state index contributed by atoms with van der Waals surface area (Å²) in [7, 11) is 3.35. The summed E-state index contributed by atoms with van der Waals surface area (Å²) in [5.74, 6) is 0.254. The van der Waals surface area contributed by atoms with Gasteiger partial charge in [-0.2, -0.15) is 0 Å². The highest BCUT2D eigenvalue weighted by Gasteiger charge is 2.14. The van der Waals surface area contributed by atoms with Gasteiger partial charge in [0.05, 0.1) is 24.2 Å². The molecule has 3 rings (SSSR count). The van der Waals surface area contributed by atoms with Crippen molar-refractivity contribution in [1.29, 1.82) is 0 Å². The van der Waals surface area contributed by atoms with Crippen molar-refractivity contribution in [3.05, 3.63) is 76.8 Å². The Morgan fingerprint density at radius 2 is 1.75 bits per heavy atom. The van der Waals surface area contributed by atoms with Gasteiger partial charge < -0.3 is 15.0 Å². The molecule has 3 aromatic carbocycles. The molecule has 0 radical (unpaired) electrons. The third kappa shape index (κ3) is 4.61. The normalized spacial score (nSPS) is 10.5. The first-order valence-electron chi connectivity index (χ1n) is 8.81. The van der Waals surface area contributed by atoms with Gasteiger partial charge in [0.2, 0.25) is 5.91 Å². The molecule has 0 unspecified atom stereocenters. The van der Waals surface area contributed by atoms with E-state index in [1.807, 2.05) is 36.4 Å². The molecular formula is C22H21ClN2O3. The quantitative estimate of drug-likeness (QED) is 0.687. The van der Waals surface area contributed by atoms with Crippen molar-refractivity contribution in [2.75, 3.05) is 20.7 Å². The molecule has 0 bridgehead atoms. The highest BCUT2D eigenvalue weighted by atomic mass is 35.5. The third-order valence-electron chi connectivity index (χ3n) is 4.48. The lowest BCUT2D eigenvalue weighted by molar-refractivity contribution is -0.129. The topological polar surface area (TPSA) is 58.6 Å². The van der Waals surface area contributed by atoms with Gasteiger partial charge in [-0.25, -0.2) is 0 Å². The molecule has 0 saturated carbocycles. The Morgan fingerprint density at radius 3 is 2.50 bits per heavy atom. The van der Waals surface area contributed by atoms with Gasteiger partial charge in [-0.15, -0.1) is 0 Å². The number of hydrogen-bond donors (Lipinski definition) is 1. The number of carbonyl (C=O) groups is 2. The molecule has 0 heterocycles. The Hall–Kier alpha value is -3.05. The van der Waals surface area contributed by atoms with Gasteiger partial charge in [0.25, 0.3) is 5.91 Å². The molecule has 0 spiro atoms. The first-order chi connectivity index (χ1) is 13.5. The summed E-state index contributed by atoms with van der Waals surface area (Å²) < 4.78 is 5.24. The van der Waals surface area contributed by atoms with E-state index in [4.69, 9.17) is 16.3 Å². The Labute approximate surface area is 168 Å². The summed E-state index contributed by atoms with van der Waals surface area (Å²) in [6, 6.07) is 18.6. The molecular weight excluding hydrogens is 376 g/mol. The van der Waals surface area contributed by atoms with Crippen molar-refractivity contribution in [1.82, 2.24) is 10.2 Å². The first kappa shape index (κ1) is 19.7. The van der Waals surface area contributed by atoms with Gasteiger partial charge in [-0.3, -0.25) is 9.59 Å². The lowest BCUT2D eigenvalue weighted by atomic mass is 10.1. The first-order valence-corrected chi connectivity index (χ1v) is 9.19. The molecule has 0 aliphatic heterocycles. The Kier molecular flexibility index (Phi) is 6.16. The molecule has 28 heavy (non-hydrogen) atoms. The largest absolute Gasteiger partial charge is 0.497 e. The van der Waals surface area contributed by atoms with Crippen LogP contribution in [0.1, 0.15) is 15.9 Å². The highest BCUT2D eigenvalue weighted by molar-refractivity contribution is 6.33. The van der Waals surface area contributed by atoms with Gasteiger partial charge in [-0.05, 0) is 46.7 Å². The van der Waals surface area contributed by atoms with Crippen LogP contribution >= 0.6 is 11.6 Å². The van der Waals surface area contributed by atoms with E-state index in [0.29, 0.717) is 17.1 Å². The zero-order chi connectivity index (χ0) is 20.1. The van der Waals surface area contributed by atoms with Crippen LogP contribution < -0.4 is 10.1 Å². The number of amides is 2. The fraction of sp³-hybridized carbons (Fsp3) is 0.182. The van der Waals surface area contributed by atoms with E-state index in [2.05, 4.69) is 5.32 Å². The minimum Gasteiger partial charge on any atom is -0.497 e. The molecule has 0 aromatic heterocycles. The number of methoxy groups -OCH3 is 1. The molecule has 3 aromatic rings. The van der Waals surface area contributed by atoms with Crippen LogP contribution in [0.15, 0.2) is 60.7 Å². The Bertz CT molecular complexity index is 1020. The lowest BCUT2D eigenvalue weighted by Gasteiger charge is -2.18. The maximum atomic E-state index is 12.4. The number of nitrogens with one attached hydrogen (secondary N) is 1. The van der Waals surface area contributed by atoms with Crippen molar-refractivity contribution >= 4 is 34.2 Å². The van der Waals surface area contributed by atoms with Crippen molar-refractivity contribution < 1.29 is 14.3 Å². The fourth-order valence-electron chi connectivity index (χ4n) is 2.89. The summed E-state index contributed by atoms with van der Waals surface area (Å²) in [6.45, 7) is 0.355. The van der Waals surface area contributed by atoms with Gasteiger partial charge in [-0.1, -0.05) is 41.9 Å². The maximum Gasteiger partial charge on any atom is 0.253 e. The van der Waals surface area contributed by atoms with E-state index >= 15 is 0 Å². The van der Waals surface area contributed by atoms with Crippen molar-refractivity contribution in [2.24, 2.45) is 0 Å². The number of likely N-dealkylation sites (N-methyl/N-ethyl adjacent to an activating group) is 1. The van der Waals surface area contributed by atoms with Crippen LogP contribution in [-0.4, -0.2) is 37.4 Å². The smallest absolute Gasteiger partial charge is 0.253 e. The molecule has 144 valence electrons. The molecule has 0 aliphatic rings. The van der Waals surface area contributed by atoms with E-state index in [1.165, 1.54) is 0 Å². The molecule has 5 nitrogen and oxygen atoms in total. The van der Waals surface area contributed by atoms with Crippen molar-refractivity contribution in [2.45, 2.75) is 6.54 Å². The van der Waals surface area contributed by atoms with Gasteiger partial charge in [0, 0.05) is 13.6 Å². The summed E-state index contributed by atoms with van der Waals surface area (Å²) in [5.41, 5.74) is 1.36. The predicted molar refractivity (Wildman–Crippen MR) is 111 cm³/mol. The minimum atomic E-state index is -0.369. The molecule has 2 amide bonds. The predicted octanol–water partition coefficient (Wildman–Crippen LogP) is 3.89.